The lowest BCUT2D eigenvalue weighted by atomic mass is 9.59. The van der Waals surface area contributed by atoms with Gasteiger partial charge < -0.3 is 8.98 Å². The average Bonchev–Trinajstić information content (AvgIpc) is 3.79. The number of para-hydroxylation sites is 2. The van der Waals surface area contributed by atoms with Crippen molar-refractivity contribution in [1.82, 2.24) is 19.5 Å². The third kappa shape index (κ3) is 5.19. The van der Waals surface area contributed by atoms with Gasteiger partial charge in [-0.25, -0.2) is 15.0 Å². The van der Waals surface area contributed by atoms with E-state index in [2.05, 4.69) is 41.0 Å². The van der Waals surface area contributed by atoms with Crippen LogP contribution in [0.1, 0.15) is 0 Å². The zero-order valence-electron chi connectivity index (χ0n) is 29.4. The second-order valence-corrected chi connectivity index (χ2v) is 13.5. The molecular weight excluding hydrogens is 667 g/mol. The lowest BCUT2D eigenvalue weighted by molar-refractivity contribution is 0.666. The molecule has 10 aromatic rings. The van der Waals surface area contributed by atoms with E-state index in [-0.39, 0.29) is 27.3 Å². The summed E-state index contributed by atoms with van der Waals surface area (Å²) in [5.74, 6) is 1.73. The average molecular weight is 690 g/mol. The SMILES string of the molecule is [B]c1c([B])c([B])c(-c2cccc3c2c2ccccc2n3-c2cccc3c2oc2cc(-c4nc(-c5ccccc5)nc(-c5ccccc5)n4)ccc23)c([B])c1[B]. The van der Waals surface area contributed by atoms with E-state index in [1.165, 1.54) is 0 Å². The van der Waals surface area contributed by atoms with Crippen molar-refractivity contribution >= 4 is 110 Å². The van der Waals surface area contributed by atoms with Gasteiger partial charge in [-0.2, -0.15) is 0 Å². The van der Waals surface area contributed by atoms with E-state index in [1.807, 2.05) is 103 Å². The Hall–Kier alpha value is -6.53. The van der Waals surface area contributed by atoms with Crippen LogP contribution in [0, 0.1) is 0 Å². The second kappa shape index (κ2) is 12.8. The van der Waals surface area contributed by atoms with Gasteiger partial charge in [0.25, 0.3) is 0 Å². The normalized spacial score (nSPS) is 11.6. The minimum Gasteiger partial charge on any atom is -0.454 e. The van der Waals surface area contributed by atoms with E-state index >= 15 is 0 Å². The zero-order valence-corrected chi connectivity index (χ0v) is 29.4. The van der Waals surface area contributed by atoms with Crippen molar-refractivity contribution in [2.75, 3.05) is 0 Å². The van der Waals surface area contributed by atoms with Gasteiger partial charge in [-0.3, -0.25) is 0 Å². The minimum absolute atomic E-state index is 0.178. The summed E-state index contributed by atoms with van der Waals surface area (Å²) < 4.78 is 9.02. The lowest BCUT2D eigenvalue weighted by Gasteiger charge is -2.22. The van der Waals surface area contributed by atoms with Gasteiger partial charge in [0, 0.05) is 38.2 Å². The molecule has 244 valence electrons. The summed E-state index contributed by atoms with van der Waals surface area (Å²) in [6, 6.07) is 46.4. The van der Waals surface area contributed by atoms with Crippen molar-refractivity contribution in [2.24, 2.45) is 0 Å². The van der Waals surface area contributed by atoms with Crippen LogP contribution < -0.4 is 27.3 Å². The fourth-order valence-electron chi connectivity index (χ4n) is 7.66. The number of fused-ring (bicyclic) bond motifs is 6. The molecule has 0 saturated heterocycles. The van der Waals surface area contributed by atoms with Crippen molar-refractivity contribution in [3.05, 3.63) is 140 Å². The molecule has 0 aliphatic heterocycles. The van der Waals surface area contributed by atoms with Crippen molar-refractivity contribution in [3.63, 3.8) is 0 Å². The molecule has 0 N–H and O–H groups in total. The van der Waals surface area contributed by atoms with Crippen LogP contribution in [0.15, 0.2) is 144 Å². The summed E-state index contributed by atoms with van der Waals surface area (Å²) in [4.78, 5) is 14.7. The Morgan fingerprint density at radius 2 is 0.982 bits per heavy atom. The summed E-state index contributed by atoms with van der Waals surface area (Å²) in [5.41, 5.74) is 9.33. The number of hydrogen-bond donors (Lipinski definition) is 0. The first-order valence-corrected chi connectivity index (χ1v) is 17.7. The molecule has 3 heterocycles. The molecule has 10 heteroatoms. The predicted octanol–water partition coefficient (Wildman–Crippen LogP) is 5.51. The minimum atomic E-state index is 0.178. The quantitative estimate of drug-likeness (QED) is 0.224. The first kappa shape index (κ1) is 33.1. The Labute approximate surface area is 323 Å². The molecule has 0 saturated carbocycles. The molecule has 0 spiro atoms. The monoisotopic (exact) mass is 690 g/mol. The van der Waals surface area contributed by atoms with Gasteiger partial charge in [0.2, 0.25) is 0 Å². The molecule has 7 aromatic carbocycles. The van der Waals surface area contributed by atoms with Crippen LogP contribution in [0.3, 0.4) is 0 Å². The molecule has 10 radical (unpaired) electrons. The molecule has 0 bridgehead atoms. The fraction of sp³-hybridized carbons (Fsp3) is 0. The van der Waals surface area contributed by atoms with Gasteiger partial charge in [0.1, 0.15) is 44.8 Å². The number of furan rings is 1. The summed E-state index contributed by atoms with van der Waals surface area (Å²) in [5, 5.41) is 3.87. The van der Waals surface area contributed by atoms with Gasteiger partial charge in [-0.15, -0.1) is 16.4 Å². The largest absolute Gasteiger partial charge is 0.454 e. The molecule has 0 fully saturated rings. The van der Waals surface area contributed by atoms with E-state index < -0.39 is 0 Å². The molecule has 0 unspecified atom stereocenters. The van der Waals surface area contributed by atoms with Gasteiger partial charge in [-0.05, 0) is 41.5 Å². The third-order valence-electron chi connectivity index (χ3n) is 10.3. The molecule has 0 atom stereocenters. The predicted molar refractivity (Wildman–Crippen MR) is 230 cm³/mol. The Balaban J connectivity index is 1.18. The maximum atomic E-state index is 6.82. The van der Waals surface area contributed by atoms with Gasteiger partial charge in [0.05, 0.1) is 16.7 Å². The Bertz CT molecular complexity index is 3070. The second-order valence-electron chi connectivity index (χ2n) is 13.5. The molecule has 55 heavy (non-hydrogen) atoms. The highest BCUT2D eigenvalue weighted by atomic mass is 16.3. The van der Waals surface area contributed by atoms with Crippen LogP contribution in [0.5, 0.6) is 0 Å². The van der Waals surface area contributed by atoms with Crippen LogP contribution in [0.2, 0.25) is 0 Å². The summed E-state index contributed by atoms with van der Waals surface area (Å²) in [6.07, 6.45) is 0. The Morgan fingerprint density at radius 1 is 0.436 bits per heavy atom. The summed E-state index contributed by atoms with van der Waals surface area (Å²) in [6.45, 7) is 0. The highest BCUT2D eigenvalue weighted by Crippen LogP contribution is 2.41. The van der Waals surface area contributed by atoms with Crippen LogP contribution in [0.4, 0.5) is 0 Å². The van der Waals surface area contributed by atoms with Crippen molar-refractivity contribution in [3.8, 4) is 51.0 Å². The van der Waals surface area contributed by atoms with E-state index in [9.17, 15) is 0 Å². The summed E-state index contributed by atoms with van der Waals surface area (Å²) in [7, 11) is 32.1. The standard InChI is InChI=1S/C45H23B5N4O/c46-37-36(38(47)40(49)41(50)39(37)48)30-17-10-19-32-35(30)29-15-7-8-18-31(29)54(32)33-20-9-16-28-27-22-21-26(23-34(27)55-42(28)33)45-52-43(24-11-3-1-4-12-24)51-44(53-45)25-13-5-2-6-14-25/h1-23H. The first-order chi connectivity index (χ1) is 26.9. The molecule has 0 amide bonds. The molecule has 10 rings (SSSR count). The number of hydrogen-bond acceptors (Lipinski definition) is 4. The van der Waals surface area contributed by atoms with E-state index in [0.717, 1.165) is 66.1 Å². The molecular formula is C45H23B5N4O. The maximum absolute atomic E-state index is 6.82. The maximum Gasteiger partial charge on any atom is 0.164 e. The van der Waals surface area contributed by atoms with E-state index in [1.54, 1.807) is 0 Å². The Morgan fingerprint density at radius 3 is 1.65 bits per heavy atom. The number of rotatable bonds is 5. The number of nitrogens with zero attached hydrogens (tertiary/aromatic N) is 4. The van der Waals surface area contributed by atoms with Crippen molar-refractivity contribution in [1.29, 1.82) is 0 Å². The van der Waals surface area contributed by atoms with Gasteiger partial charge in [0.15, 0.2) is 23.1 Å². The van der Waals surface area contributed by atoms with Crippen LogP contribution in [-0.2, 0) is 0 Å². The van der Waals surface area contributed by atoms with E-state index in [0.29, 0.717) is 28.6 Å². The fourth-order valence-corrected chi connectivity index (χ4v) is 7.66. The molecule has 0 aliphatic rings. The van der Waals surface area contributed by atoms with Crippen LogP contribution in [-0.4, -0.2) is 58.8 Å². The van der Waals surface area contributed by atoms with Gasteiger partial charge >= 0.3 is 0 Å². The highest BCUT2D eigenvalue weighted by Gasteiger charge is 2.22. The van der Waals surface area contributed by atoms with E-state index in [4.69, 9.17) is 58.6 Å². The zero-order chi connectivity index (χ0) is 37.4. The summed E-state index contributed by atoms with van der Waals surface area (Å²) >= 11 is 0. The van der Waals surface area contributed by atoms with Gasteiger partial charge in [-0.1, -0.05) is 120 Å². The number of aromatic nitrogens is 4. The lowest BCUT2D eigenvalue weighted by Crippen LogP contribution is -2.55. The molecule has 3 aromatic heterocycles. The van der Waals surface area contributed by atoms with Crippen molar-refractivity contribution < 1.29 is 4.42 Å². The molecule has 5 nitrogen and oxygen atoms in total. The third-order valence-corrected chi connectivity index (χ3v) is 10.3. The smallest absolute Gasteiger partial charge is 0.164 e. The topological polar surface area (TPSA) is 56.7 Å². The highest BCUT2D eigenvalue weighted by molar-refractivity contribution is 6.69. The number of benzene rings is 7. The molecule has 0 aliphatic carbocycles. The Kier molecular flexibility index (Phi) is 7.70. The van der Waals surface area contributed by atoms with Crippen LogP contribution >= 0.6 is 0 Å². The first-order valence-electron chi connectivity index (χ1n) is 17.7. The van der Waals surface area contributed by atoms with Crippen LogP contribution in [0.25, 0.3) is 94.7 Å². The van der Waals surface area contributed by atoms with Crippen molar-refractivity contribution in [2.45, 2.75) is 0 Å².